The third-order valence-corrected chi connectivity index (χ3v) is 3.58. The molecule has 0 radical (unpaired) electrons. The monoisotopic (exact) mass is 220 g/mol. The average Bonchev–Trinajstić information content (AvgIpc) is 2.02. The van der Waals surface area contributed by atoms with Crippen molar-refractivity contribution in [2.45, 2.75) is 25.8 Å². The van der Waals surface area contributed by atoms with Gasteiger partial charge in [-0.3, -0.25) is 4.79 Å². The number of carbonyl (C=O) groups is 1. The van der Waals surface area contributed by atoms with Crippen LogP contribution in [0.5, 0.6) is 0 Å². The van der Waals surface area contributed by atoms with Gasteiger partial charge in [0.2, 0.25) is 15.9 Å². The molecule has 1 saturated heterocycles. The van der Waals surface area contributed by atoms with Crippen LogP contribution in [0.2, 0.25) is 0 Å². The zero-order chi connectivity index (χ0) is 10.8. The van der Waals surface area contributed by atoms with Gasteiger partial charge < -0.3 is 5.32 Å². The van der Waals surface area contributed by atoms with Gasteiger partial charge in [-0.25, -0.2) is 12.7 Å². The number of nitrogens with one attached hydrogen (secondary N) is 1. The fourth-order valence-electron chi connectivity index (χ4n) is 1.80. The zero-order valence-corrected chi connectivity index (χ0v) is 9.30. The van der Waals surface area contributed by atoms with E-state index in [9.17, 15) is 13.2 Å². The lowest BCUT2D eigenvalue weighted by Gasteiger charge is -2.31. The molecule has 1 aliphatic heterocycles. The number of amides is 1. The van der Waals surface area contributed by atoms with E-state index in [1.54, 1.807) is 0 Å². The normalized spacial score (nSPS) is 19.3. The molecule has 1 heterocycles. The van der Waals surface area contributed by atoms with Crippen LogP contribution in [0.4, 0.5) is 0 Å². The summed E-state index contributed by atoms with van der Waals surface area (Å²) in [5, 5.41) is 3.13. The van der Waals surface area contributed by atoms with Crippen molar-refractivity contribution < 1.29 is 13.2 Å². The summed E-state index contributed by atoms with van der Waals surface area (Å²) in [4.78, 5) is 11.2. The Morgan fingerprint density at radius 3 is 2.21 bits per heavy atom. The number of carbonyl (C=O) groups excluding carboxylic acids is 1. The van der Waals surface area contributed by atoms with E-state index in [2.05, 4.69) is 5.32 Å². The third-order valence-electron chi connectivity index (χ3n) is 2.31. The van der Waals surface area contributed by atoms with E-state index in [1.807, 2.05) is 0 Å². The highest BCUT2D eigenvalue weighted by molar-refractivity contribution is 7.88. The van der Waals surface area contributed by atoms with E-state index in [0.29, 0.717) is 12.8 Å². The largest absolute Gasteiger partial charge is 0.317 e. The van der Waals surface area contributed by atoms with Crippen LogP contribution in [0, 0.1) is 0 Å². The maximum atomic E-state index is 11.4. The zero-order valence-electron chi connectivity index (χ0n) is 8.49. The summed E-state index contributed by atoms with van der Waals surface area (Å²) in [6.45, 7) is 2.83. The second-order valence-corrected chi connectivity index (χ2v) is 5.42. The molecule has 1 aliphatic rings. The summed E-state index contributed by atoms with van der Waals surface area (Å²) in [5.74, 6) is -0.389. The Bertz CT molecular complexity index is 307. The first-order chi connectivity index (χ1) is 6.43. The summed E-state index contributed by atoms with van der Waals surface area (Å²) in [6, 6.07) is -0.163. The molecule has 14 heavy (non-hydrogen) atoms. The van der Waals surface area contributed by atoms with Crippen molar-refractivity contribution in [3.63, 3.8) is 0 Å². The van der Waals surface area contributed by atoms with Gasteiger partial charge in [0.05, 0.1) is 12.3 Å². The molecule has 0 aromatic rings. The van der Waals surface area contributed by atoms with Gasteiger partial charge in [0.15, 0.2) is 0 Å². The van der Waals surface area contributed by atoms with Gasteiger partial charge in [0.1, 0.15) is 0 Å². The van der Waals surface area contributed by atoms with E-state index in [1.165, 1.54) is 6.92 Å². The van der Waals surface area contributed by atoms with E-state index < -0.39 is 10.0 Å². The molecular formula is C8H16N2O3S. The van der Waals surface area contributed by atoms with Gasteiger partial charge in [-0.1, -0.05) is 0 Å². The number of nitrogens with zero attached hydrogens (tertiary/aromatic N) is 1. The fourth-order valence-corrected chi connectivity index (χ4v) is 3.02. The van der Waals surface area contributed by atoms with Gasteiger partial charge >= 0.3 is 0 Å². The SMILES string of the molecule is CC(=O)N(C1CCNCC1)S(C)(=O)=O. The molecule has 0 aromatic heterocycles. The van der Waals surface area contributed by atoms with Gasteiger partial charge in [0.25, 0.3) is 0 Å². The molecule has 1 fully saturated rings. The summed E-state index contributed by atoms with van der Waals surface area (Å²) >= 11 is 0. The van der Waals surface area contributed by atoms with Crippen molar-refractivity contribution in [2.24, 2.45) is 0 Å². The quantitative estimate of drug-likeness (QED) is 0.684. The van der Waals surface area contributed by atoms with Crippen LogP contribution in [0.3, 0.4) is 0 Å². The van der Waals surface area contributed by atoms with Crippen molar-refractivity contribution in [1.29, 1.82) is 0 Å². The minimum atomic E-state index is -3.41. The molecular weight excluding hydrogens is 204 g/mol. The molecule has 0 aromatic carbocycles. The summed E-state index contributed by atoms with van der Waals surface area (Å²) < 4.78 is 23.7. The van der Waals surface area contributed by atoms with Gasteiger partial charge in [0, 0.05) is 6.92 Å². The van der Waals surface area contributed by atoms with E-state index in [0.717, 1.165) is 23.7 Å². The maximum absolute atomic E-state index is 11.4. The fraction of sp³-hybridized carbons (Fsp3) is 0.875. The third kappa shape index (κ3) is 2.68. The molecule has 0 aliphatic carbocycles. The Balaban J connectivity index is 2.82. The van der Waals surface area contributed by atoms with Crippen molar-refractivity contribution in [3.8, 4) is 0 Å². The molecule has 1 N–H and O–H groups in total. The molecule has 0 bridgehead atoms. The lowest BCUT2D eigenvalue weighted by molar-refractivity contribution is -0.126. The van der Waals surface area contributed by atoms with E-state index in [4.69, 9.17) is 0 Å². The van der Waals surface area contributed by atoms with Gasteiger partial charge in [-0.15, -0.1) is 0 Å². The maximum Gasteiger partial charge on any atom is 0.234 e. The Kier molecular flexibility index (Phi) is 3.49. The number of sulfonamides is 1. The second-order valence-electron chi connectivity index (χ2n) is 3.56. The van der Waals surface area contributed by atoms with Crippen LogP contribution < -0.4 is 5.32 Å². The molecule has 0 spiro atoms. The molecule has 1 rings (SSSR count). The number of hydrogen-bond acceptors (Lipinski definition) is 4. The van der Waals surface area contributed by atoms with Gasteiger partial charge in [-0.05, 0) is 25.9 Å². The van der Waals surface area contributed by atoms with Crippen molar-refractivity contribution >= 4 is 15.9 Å². The van der Waals surface area contributed by atoms with E-state index >= 15 is 0 Å². The smallest absolute Gasteiger partial charge is 0.234 e. The second kappa shape index (κ2) is 4.27. The Morgan fingerprint density at radius 1 is 1.36 bits per heavy atom. The van der Waals surface area contributed by atoms with Crippen LogP contribution in [-0.4, -0.2) is 44.0 Å². The Morgan fingerprint density at radius 2 is 1.86 bits per heavy atom. The molecule has 82 valence electrons. The highest BCUT2D eigenvalue weighted by Crippen LogP contribution is 2.15. The lowest BCUT2D eigenvalue weighted by atomic mass is 10.1. The first-order valence-corrected chi connectivity index (χ1v) is 6.48. The Hall–Kier alpha value is -0.620. The molecule has 5 nitrogen and oxygen atoms in total. The molecule has 0 atom stereocenters. The molecule has 6 heteroatoms. The van der Waals surface area contributed by atoms with Crippen molar-refractivity contribution in [2.75, 3.05) is 19.3 Å². The molecule has 0 unspecified atom stereocenters. The Labute approximate surface area is 84.5 Å². The number of piperidine rings is 1. The average molecular weight is 220 g/mol. The standard InChI is InChI=1S/C8H16N2O3S/c1-7(11)10(14(2,12)13)8-3-5-9-6-4-8/h8-9H,3-6H2,1-2H3. The van der Waals surface area contributed by atoms with Crippen LogP contribution in [0.25, 0.3) is 0 Å². The topological polar surface area (TPSA) is 66.5 Å². The highest BCUT2D eigenvalue weighted by atomic mass is 32.2. The highest BCUT2D eigenvalue weighted by Gasteiger charge is 2.29. The van der Waals surface area contributed by atoms with Crippen LogP contribution >= 0.6 is 0 Å². The summed E-state index contributed by atoms with van der Waals surface area (Å²) in [7, 11) is -3.41. The summed E-state index contributed by atoms with van der Waals surface area (Å²) in [5.41, 5.74) is 0. The van der Waals surface area contributed by atoms with Crippen LogP contribution in [0.15, 0.2) is 0 Å². The predicted molar refractivity (Wildman–Crippen MR) is 53.3 cm³/mol. The molecule has 0 saturated carbocycles. The predicted octanol–water partition coefficient (Wildman–Crippen LogP) is -0.453. The minimum Gasteiger partial charge on any atom is -0.317 e. The first-order valence-electron chi connectivity index (χ1n) is 4.63. The lowest BCUT2D eigenvalue weighted by Crippen LogP contribution is -2.47. The molecule has 1 amide bonds. The summed E-state index contributed by atoms with van der Waals surface area (Å²) in [6.07, 6.45) is 2.48. The first kappa shape index (κ1) is 11.5. The number of hydrogen-bond donors (Lipinski definition) is 1. The minimum absolute atomic E-state index is 0.163. The number of rotatable bonds is 2. The van der Waals surface area contributed by atoms with Crippen molar-refractivity contribution in [1.82, 2.24) is 9.62 Å². The van der Waals surface area contributed by atoms with Crippen LogP contribution in [0.1, 0.15) is 19.8 Å². The van der Waals surface area contributed by atoms with Gasteiger partial charge in [-0.2, -0.15) is 0 Å². The van der Waals surface area contributed by atoms with Crippen LogP contribution in [-0.2, 0) is 14.8 Å². The van der Waals surface area contributed by atoms with Crippen molar-refractivity contribution in [3.05, 3.63) is 0 Å². The van der Waals surface area contributed by atoms with E-state index in [-0.39, 0.29) is 11.9 Å².